The zero-order chi connectivity index (χ0) is 8.97. The largest absolute Gasteiger partial charge is 0.469 e. The summed E-state index contributed by atoms with van der Waals surface area (Å²) < 4.78 is 4.54. The maximum atomic E-state index is 10.8. The van der Waals surface area contributed by atoms with E-state index >= 15 is 0 Å². The number of nitrogens with zero attached hydrogens (tertiary/aromatic N) is 1. The number of esters is 1. The zero-order valence-electron chi connectivity index (χ0n) is 7.21. The minimum atomic E-state index is -0.162. The van der Waals surface area contributed by atoms with Gasteiger partial charge in [0.15, 0.2) is 0 Å². The second-order valence-corrected chi connectivity index (χ2v) is 3.28. The molecule has 0 N–H and O–H groups in total. The molecule has 1 aliphatic heterocycles. The first kappa shape index (κ1) is 9.45. The van der Waals surface area contributed by atoms with Crippen LogP contribution in [0.15, 0.2) is 0 Å². The molecular weight excluding hydrogens is 174 g/mol. The first-order chi connectivity index (χ1) is 5.74. The van der Waals surface area contributed by atoms with Gasteiger partial charge in [0.05, 0.1) is 18.5 Å². The van der Waals surface area contributed by atoms with Crippen LogP contribution in [0.3, 0.4) is 0 Å². The number of ether oxygens (including phenoxy) is 1. The highest BCUT2D eigenvalue weighted by Gasteiger charge is 2.16. The van der Waals surface area contributed by atoms with E-state index in [0.717, 1.165) is 24.4 Å². The Labute approximate surface area is 77.7 Å². The van der Waals surface area contributed by atoms with Crippen molar-refractivity contribution >= 4 is 23.2 Å². The molecule has 0 aromatic heterocycles. The smallest absolute Gasteiger partial charge is 0.307 e. The van der Waals surface area contributed by atoms with Crippen LogP contribution < -0.4 is 0 Å². The number of rotatable bonds is 3. The Morgan fingerprint density at radius 2 is 2.50 bits per heavy atom. The van der Waals surface area contributed by atoms with Crippen LogP contribution >= 0.6 is 12.2 Å². The van der Waals surface area contributed by atoms with Gasteiger partial charge in [0.25, 0.3) is 0 Å². The molecule has 12 heavy (non-hydrogen) atoms. The number of methoxy groups -OCH3 is 1. The lowest BCUT2D eigenvalue weighted by atomic mass is 10.4. The van der Waals surface area contributed by atoms with E-state index in [-0.39, 0.29) is 5.97 Å². The zero-order valence-corrected chi connectivity index (χ0v) is 8.02. The molecule has 3 nitrogen and oxygen atoms in total. The van der Waals surface area contributed by atoms with Crippen molar-refractivity contribution in [3.8, 4) is 0 Å². The lowest BCUT2D eigenvalue weighted by Crippen LogP contribution is -2.26. The highest BCUT2D eigenvalue weighted by molar-refractivity contribution is 7.80. The molecule has 0 saturated carbocycles. The van der Waals surface area contributed by atoms with Crippen molar-refractivity contribution in [2.45, 2.75) is 19.3 Å². The van der Waals surface area contributed by atoms with Gasteiger partial charge in [-0.3, -0.25) is 4.79 Å². The van der Waals surface area contributed by atoms with E-state index in [1.165, 1.54) is 7.11 Å². The van der Waals surface area contributed by atoms with Crippen molar-refractivity contribution in [1.82, 2.24) is 4.90 Å². The van der Waals surface area contributed by atoms with Crippen molar-refractivity contribution < 1.29 is 9.53 Å². The minimum Gasteiger partial charge on any atom is -0.469 e. The maximum absolute atomic E-state index is 10.8. The van der Waals surface area contributed by atoms with Crippen molar-refractivity contribution in [2.75, 3.05) is 20.2 Å². The van der Waals surface area contributed by atoms with Gasteiger partial charge in [-0.05, 0) is 12.8 Å². The fraction of sp³-hybridized carbons (Fsp3) is 0.750. The maximum Gasteiger partial charge on any atom is 0.307 e. The fourth-order valence-corrected chi connectivity index (χ4v) is 1.60. The quantitative estimate of drug-likeness (QED) is 0.486. The molecule has 0 radical (unpaired) electrons. The molecule has 1 heterocycles. The molecule has 0 bridgehead atoms. The van der Waals surface area contributed by atoms with Crippen LogP contribution in [-0.4, -0.2) is 36.1 Å². The lowest BCUT2D eigenvalue weighted by molar-refractivity contribution is -0.140. The van der Waals surface area contributed by atoms with E-state index < -0.39 is 0 Å². The predicted octanol–water partition coefficient (Wildman–Crippen LogP) is 0.973. The standard InChI is InChI=1S/C8H13NO2S/c1-11-8(10)4-6-9-5-2-3-7(9)12/h2-6H2,1H3. The summed E-state index contributed by atoms with van der Waals surface area (Å²) in [4.78, 5) is 13.8. The number of hydrogen-bond donors (Lipinski definition) is 0. The van der Waals surface area contributed by atoms with Gasteiger partial charge >= 0.3 is 5.97 Å². The summed E-state index contributed by atoms with van der Waals surface area (Å²) in [6.07, 6.45) is 2.56. The van der Waals surface area contributed by atoms with E-state index in [0.29, 0.717) is 13.0 Å². The van der Waals surface area contributed by atoms with E-state index in [2.05, 4.69) is 9.64 Å². The number of carbonyl (C=O) groups is 1. The van der Waals surface area contributed by atoms with Crippen molar-refractivity contribution in [3.05, 3.63) is 0 Å². The average molecular weight is 187 g/mol. The highest BCUT2D eigenvalue weighted by Crippen LogP contribution is 2.11. The topological polar surface area (TPSA) is 29.5 Å². The second kappa shape index (κ2) is 4.40. The van der Waals surface area contributed by atoms with Gasteiger partial charge in [-0.25, -0.2) is 0 Å². The summed E-state index contributed by atoms with van der Waals surface area (Å²) in [5, 5.41) is 0. The highest BCUT2D eigenvalue weighted by atomic mass is 32.1. The van der Waals surface area contributed by atoms with E-state index in [1.54, 1.807) is 0 Å². The van der Waals surface area contributed by atoms with Crippen LogP contribution in [0, 0.1) is 0 Å². The molecule has 68 valence electrons. The third-order valence-electron chi connectivity index (χ3n) is 1.98. The molecule has 0 spiro atoms. The third kappa shape index (κ3) is 2.44. The monoisotopic (exact) mass is 187 g/mol. The Morgan fingerprint density at radius 3 is 3.00 bits per heavy atom. The van der Waals surface area contributed by atoms with Gasteiger partial charge in [-0.1, -0.05) is 12.2 Å². The SMILES string of the molecule is COC(=O)CCN1CCCC1=S. The molecule has 1 fully saturated rings. The normalized spacial score (nSPS) is 16.8. The van der Waals surface area contributed by atoms with Crippen LogP contribution in [0.1, 0.15) is 19.3 Å². The van der Waals surface area contributed by atoms with E-state index in [4.69, 9.17) is 12.2 Å². The summed E-state index contributed by atoms with van der Waals surface area (Å²) in [5.41, 5.74) is 0. The summed E-state index contributed by atoms with van der Waals surface area (Å²) in [7, 11) is 1.41. The summed E-state index contributed by atoms with van der Waals surface area (Å²) in [6, 6.07) is 0. The van der Waals surface area contributed by atoms with Gasteiger partial charge in [-0.15, -0.1) is 0 Å². The molecule has 1 saturated heterocycles. The van der Waals surface area contributed by atoms with Gasteiger partial charge in [0, 0.05) is 13.1 Å². The van der Waals surface area contributed by atoms with E-state index in [9.17, 15) is 4.79 Å². The molecular formula is C8H13NO2S. The van der Waals surface area contributed by atoms with Crippen LogP contribution in [0.25, 0.3) is 0 Å². The Kier molecular flexibility index (Phi) is 3.47. The Bertz CT molecular complexity index is 193. The van der Waals surface area contributed by atoms with Crippen LogP contribution in [0.5, 0.6) is 0 Å². The number of thiocarbonyl (C=S) groups is 1. The number of likely N-dealkylation sites (tertiary alicyclic amines) is 1. The van der Waals surface area contributed by atoms with Gasteiger partial charge in [-0.2, -0.15) is 0 Å². The van der Waals surface area contributed by atoms with Crippen LogP contribution in [-0.2, 0) is 9.53 Å². The summed E-state index contributed by atoms with van der Waals surface area (Å²) in [5.74, 6) is -0.162. The molecule has 0 aromatic carbocycles. The predicted molar refractivity (Wildman–Crippen MR) is 50.0 cm³/mol. The Hall–Kier alpha value is -0.640. The molecule has 4 heteroatoms. The minimum absolute atomic E-state index is 0.162. The fourth-order valence-electron chi connectivity index (χ4n) is 1.27. The van der Waals surface area contributed by atoms with Gasteiger partial charge in [0.2, 0.25) is 0 Å². The molecule has 0 aliphatic carbocycles. The van der Waals surface area contributed by atoms with Gasteiger partial charge < -0.3 is 9.64 Å². The third-order valence-corrected chi connectivity index (χ3v) is 2.45. The molecule has 0 aromatic rings. The molecule has 0 unspecified atom stereocenters. The number of hydrogen-bond acceptors (Lipinski definition) is 3. The Morgan fingerprint density at radius 1 is 1.75 bits per heavy atom. The Balaban J connectivity index is 2.22. The van der Waals surface area contributed by atoms with E-state index in [1.807, 2.05) is 0 Å². The average Bonchev–Trinajstić information content (AvgIpc) is 2.47. The van der Waals surface area contributed by atoms with Crippen LogP contribution in [0.2, 0.25) is 0 Å². The first-order valence-electron chi connectivity index (χ1n) is 4.08. The molecule has 1 aliphatic rings. The lowest BCUT2D eigenvalue weighted by Gasteiger charge is -2.16. The van der Waals surface area contributed by atoms with Gasteiger partial charge in [0.1, 0.15) is 0 Å². The van der Waals surface area contributed by atoms with Crippen molar-refractivity contribution in [1.29, 1.82) is 0 Å². The first-order valence-corrected chi connectivity index (χ1v) is 4.49. The second-order valence-electron chi connectivity index (χ2n) is 2.81. The van der Waals surface area contributed by atoms with Crippen molar-refractivity contribution in [2.24, 2.45) is 0 Å². The number of carbonyl (C=O) groups excluding carboxylic acids is 1. The molecule has 1 rings (SSSR count). The van der Waals surface area contributed by atoms with Crippen molar-refractivity contribution in [3.63, 3.8) is 0 Å². The summed E-state index contributed by atoms with van der Waals surface area (Å²) >= 11 is 5.10. The summed E-state index contributed by atoms with van der Waals surface area (Å²) in [6.45, 7) is 1.71. The van der Waals surface area contributed by atoms with Crippen LogP contribution in [0.4, 0.5) is 0 Å². The molecule has 0 amide bonds. The molecule has 0 atom stereocenters.